The van der Waals surface area contributed by atoms with Gasteiger partial charge in [-0.25, -0.2) is 9.18 Å². The molecule has 132 valence electrons. The molecule has 2 aliphatic rings. The van der Waals surface area contributed by atoms with Crippen molar-refractivity contribution in [3.05, 3.63) is 35.6 Å². The standard InChI is InChI=1S/C18H21FN4O2/c1-11-16(14-4-2-3-5-15(14)19)25-22-17(11)21-18(24)23-9-8-12-6-7-13(10-23)20-12/h2-5,12-13,20H,6-10H2,1H3,(H,21,22,24). The second kappa shape index (κ2) is 6.48. The van der Waals surface area contributed by atoms with E-state index in [-0.39, 0.29) is 11.8 Å². The van der Waals surface area contributed by atoms with Gasteiger partial charge in [0.05, 0.1) is 5.56 Å². The highest BCUT2D eigenvalue weighted by molar-refractivity contribution is 5.90. The summed E-state index contributed by atoms with van der Waals surface area (Å²) in [5, 5.41) is 10.3. The van der Waals surface area contributed by atoms with Crippen LogP contribution < -0.4 is 10.6 Å². The summed E-state index contributed by atoms with van der Waals surface area (Å²) in [7, 11) is 0. The van der Waals surface area contributed by atoms with Gasteiger partial charge in [-0.05, 0) is 38.3 Å². The van der Waals surface area contributed by atoms with E-state index in [1.165, 1.54) is 12.5 Å². The summed E-state index contributed by atoms with van der Waals surface area (Å²) in [5.41, 5.74) is 0.956. The van der Waals surface area contributed by atoms with Crippen molar-refractivity contribution < 1.29 is 13.7 Å². The molecule has 2 fully saturated rings. The minimum absolute atomic E-state index is 0.189. The van der Waals surface area contributed by atoms with Crippen LogP contribution >= 0.6 is 0 Å². The quantitative estimate of drug-likeness (QED) is 0.878. The predicted octanol–water partition coefficient (Wildman–Crippen LogP) is 3.15. The monoisotopic (exact) mass is 344 g/mol. The minimum atomic E-state index is -0.380. The van der Waals surface area contributed by atoms with Crippen LogP contribution in [0.15, 0.2) is 28.8 Å². The van der Waals surface area contributed by atoms with Crippen LogP contribution in [-0.4, -0.2) is 41.3 Å². The van der Waals surface area contributed by atoms with Crippen molar-refractivity contribution >= 4 is 11.8 Å². The molecule has 0 aliphatic carbocycles. The van der Waals surface area contributed by atoms with Crippen LogP contribution in [0.2, 0.25) is 0 Å². The molecule has 1 aromatic heterocycles. The average Bonchev–Trinajstić information content (AvgIpc) is 3.11. The summed E-state index contributed by atoms with van der Waals surface area (Å²) in [6, 6.07) is 7.05. The van der Waals surface area contributed by atoms with E-state index in [9.17, 15) is 9.18 Å². The van der Waals surface area contributed by atoms with Gasteiger partial charge in [-0.3, -0.25) is 5.32 Å². The van der Waals surface area contributed by atoms with Crippen molar-refractivity contribution in [2.75, 3.05) is 18.4 Å². The maximum absolute atomic E-state index is 14.0. The summed E-state index contributed by atoms with van der Waals surface area (Å²) in [5.74, 6) is 0.296. The lowest BCUT2D eigenvalue weighted by Crippen LogP contribution is -2.41. The van der Waals surface area contributed by atoms with Crippen molar-refractivity contribution in [1.29, 1.82) is 0 Å². The summed E-state index contributed by atoms with van der Waals surface area (Å²) < 4.78 is 19.2. The van der Waals surface area contributed by atoms with Gasteiger partial charge < -0.3 is 14.7 Å². The number of amides is 2. The van der Waals surface area contributed by atoms with Gasteiger partial charge in [0.25, 0.3) is 0 Å². The largest absolute Gasteiger partial charge is 0.354 e. The van der Waals surface area contributed by atoms with E-state index in [0.717, 1.165) is 19.4 Å². The Bertz CT molecular complexity index is 791. The van der Waals surface area contributed by atoms with Crippen LogP contribution in [0.5, 0.6) is 0 Å². The molecule has 0 radical (unpaired) electrons. The van der Waals surface area contributed by atoms with E-state index < -0.39 is 0 Å². The van der Waals surface area contributed by atoms with Crippen molar-refractivity contribution in [2.45, 2.75) is 38.3 Å². The molecular weight excluding hydrogens is 323 g/mol. The Morgan fingerprint density at radius 3 is 2.96 bits per heavy atom. The molecule has 2 N–H and O–H groups in total. The van der Waals surface area contributed by atoms with Gasteiger partial charge in [0.15, 0.2) is 11.6 Å². The normalized spacial score (nSPS) is 22.7. The molecular formula is C18H21FN4O2. The van der Waals surface area contributed by atoms with Crippen molar-refractivity contribution in [2.24, 2.45) is 0 Å². The predicted molar refractivity (Wildman–Crippen MR) is 91.8 cm³/mol. The van der Waals surface area contributed by atoms with Gasteiger partial charge in [-0.2, -0.15) is 0 Å². The molecule has 2 unspecified atom stereocenters. The molecule has 4 rings (SSSR count). The van der Waals surface area contributed by atoms with Gasteiger partial charge in [-0.15, -0.1) is 0 Å². The first kappa shape index (κ1) is 16.1. The average molecular weight is 344 g/mol. The summed E-state index contributed by atoms with van der Waals surface area (Å²) in [6.45, 7) is 3.18. The van der Waals surface area contributed by atoms with Crippen LogP contribution in [0, 0.1) is 12.7 Å². The number of nitrogens with zero attached hydrogens (tertiary/aromatic N) is 2. The number of carbonyl (C=O) groups excluding carboxylic acids is 1. The van der Waals surface area contributed by atoms with E-state index in [2.05, 4.69) is 15.8 Å². The molecule has 2 aromatic rings. The number of aromatic nitrogens is 1. The molecule has 3 heterocycles. The van der Waals surface area contributed by atoms with Gasteiger partial charge in [0.1, 0.15) is 5.82 Å². The molecule has 2 saturated heterocycles. The molecule has 6 nitrogen and oxygen atoms in total. The minimum Gasteiger partial charge on any atom is -0.354 e. The van der Waals surface area contributed by atoms with E-state index in [1.807, 2.05) is 4.90 Å². The van der Waals surface area contributed by atoms with Crippen molar-refractivity contribution in [3.8, 4) is 11.3 Å². The van der Waals surface area contributed by atoms with Gasteiger partial charge in [0, 0.05) is 30.7 Å². The van der Waals surface area contributed by atoms with E-state index in [4.69, 9.17) is 4.52 Å². The molecule has 25 heavy (non-hydrogen) atoms. The van der Waals surface area contributed by atoms with Gasteiger partial charge in [-0.1, -0.05) is 17.3 Å². The fourth-order valence-electron chi connectivity index (χ4n) is 3.66. The molecule has 7 heteroatoms. The number of urea groups is 1. The molecule has 1 aromatic carbocycles. The van der Waals surface area contributed by atoms with Crippen LogP contribution in [0.4, 0.5) is 15.0 Å². The molecule has 2 amide bonds. The first-order valence-corrected chi connectivity index (χ1v) is 8.65. The van der Waals surface area contributed by atoms with E-state index in [0.29, 0.717) is 41.3 Å². The third kappa shape index (κ3) is 3.11. The maximum atomic E-state index is 14.0. The zero-order chi connectivity index (χ0) is 17.4. The van der Waals surface area contributed by atoms with Crippen LogP contribution in [-0.2, 0) is 0 Å². The number of benzene rings is 1. The SMILES string of the molecule is Cc1c(NC(=O)N2CCC3CCC(C2)N3)noc1-c1ccccc1F. The smallest absolute Gasteiger partial charge is 0.323 e. The number of likely N-dealkylation sites (tertiary alicyclic amines) is 1. The van der Waals surface area contributed by atoms with Crippen molar-refractivity contribution in [3.63, 3.8) is 0 Å². The lowest BCUT2D eigenvalue weighted by molar-refractivity contribution is 0.208. The number of nitrogens with one attached hydrogen (secondary N) is 2. The topological polar surface area (TPSA) is 70.4 Å². The van der Waals surface area contributed by atoms with Crippen LogP contribution in [0.3, 0.4) is 0 Å². The first-order valence-electron chi connectivity index (χ1n) is 8.65. The number of carbonyl (C=O) groups is 1. The highest BCUT2D eigenvalue weighted by Gasteiger charge is 2.31. The Morgan fingerprint density at radius 1 is 1.32 bits per heavy atom. The maximum Gasteiger partial charge on any atom is 0.323 e. The summed E-state index contributed by atoms with van der Waals surface area (Å²) >= 11 is 0. The number of hydrogen-bond acceptors (Lipinski definition) is 4. The Labute approximate surface area is 145 Å². The fraction of sp³-hybridized carbons (Fsp3) is 0.444. The fourth-order valence-corrected chi connectivity index (χ4v) is 3.66. The van der Waals surface area contributed by atoms with E-state index >= 15 is 0 Å². The second-order valence-corrected chi connectivity index (χ2v) is 6.77. The Kier molecular flexibility index (Phi) is 4.17. The zero-order valence-corrected chi connectivity index (χ0v) is 14.1. The molecule has 0 saturated carbocycles. The number of hydrogen-bond donors (Lipinski definition) is 2. The lowest BCUT2D eigenvalue weighted by Gasteiger charge is -2.24. The first-order chi connectivity index (χ1) is 12.1. The zero-order valence-electron chi connectivity index (χ0n) is 14.1. The highest BCUT2D eigenvalue weighted by Crippen LogP contribution is 2.30. The summed E-state index contributed by atoms with van der Waals surface area (Å²) in [6.07, 6.45) is 3.26. The van der Waals surface area contributed by atoms with Crippen LogP contribution in [0.25, 0.3) is 11.3 Å². The second-order valence-electron chi connectivity index (χ2n) is 6.77. The third-order valence-electron chi connectivity index (χ3n) is 5.08. The Morgan fingerprint density at radius 2 is 2.12 bits per heavy atom. The van der Waals surface area contributed by atoms with Crippen molar-refractivity contribution in [1.82, 2.24) is 15.4 Å². The Balaban J connectivity index is 1.50. The lowest BCUT2D eigenvalue weighted by atomic mass is 10.1. The number of rotatable bonds is 2. The molecule has 2 aliphatic heterocycles. The number of halogens is 1. The number of anilines is 1. The molecule has 0 spiro atoms. The molecule has 2 bridgehead atoms. The number of fused-ring (bicyclic) bond motifs is 2. The Hall–Kier alpha value is -2.41. The third-order valence-corrected chi connectivity index (χ3v) is 5.08. The van der Waals surface area contributed by atoms with Gasteiger partial charge in [0.2, 0.25) is 0 Å². The highest BCUT2D eigenvalue weighted by atomic mass is 19.1. The molecule has 2 atom stereocenters. The van der Waals surface area contributed by atoms with Crippen LogP contribution in [0.1, 0.15) is 24.8 Å². The summed E-state index contributed by atoms with van der Waals surface area (Å²) in [4.78, 5) is 14.4. The van der Waals surface area contributed by atoms with Gasteiger partial charge >= 0.3 is 6.03 Å². The van der Waals surface area contributed by atoms with E-state index in [1.54, 1.807) is 25.1 Å².